The Balaban J connectivity index is 2.36. The van der Waals surface area contributed by atoms with Gasteiger partial charge in [-0.2, -0.15) is 4.31 Å². The average Bonchev–Trinajstić information content (AvgIpc) is 2.43. The van der Waals surface area contributed by atoms with E-state index in [1.54, 1.807) is 24.4 Å². The molecule has 0 fully saturated rings. The molecule has 7 heteroatoms. The number of aryl methyl sites for hydroxylation is 1. The van der Waals surface area contributed by atoms with E-state index in [9.17, 15) is 12.8 Å². The highest BCUT2D eigenvalue weighted by Gasteiger charge is 2.25. The second kappa shape index (κ2) is 6.09. The van der Waals surface area contributed by atoms with E-state index in [-0.39, 0.29) is 22.0 Å². The number of benzene rings is 1. The summed E-state index contributed by atoms with van der Waals surface area (Å²) in [6.07, 6.45) is 1.59. The van der Waals surface area contributed by atoms with Gasteiger partial charge in [0.05, 0.1) is 17.3 Å². The third kappa shape index (κ3) is 3.40. The molecule has 0 amide bonds. The summed E-state index contributed by atoms with van der Waals surface area (Å²) in [5.74, 6) is -0.536. The van der Waals surface area contributed by atoms with Crippen molar-refractivity contribution < 1.29 is 12.8 Å². The fourth-order valence-corrected chi connectivity index (χ4v) is 3.51. The normalized spacial score (nSPS) is 11.9. The summed E-state index contributed by atoms with van der Waals surface area (Å²) in [6.45, 7) is 1.60. The predicted molar refractivity (Wildman–Crippen MR) is 79.0 cm³/mol. The van der Waals surface area contributed by atoms with E-state index < -0.39 is 15.8 Å². The van der Waals surface area contributed by atoms with Crippen molar-refractivity contribution in [1.29, 1.82) is 0 Å². The molecule has 1 heterocycles. The van der Waals surface area contributed by atoms with Crippen LogP contribution in [-0.2, 0) is 16.6 Å². The van der Waals surface area contributed by atoms with Crippen LogP contribution in [0.25, 0.3) is 0 Å². The summed E-state index contributed by atoms with van der Waals surface area (Å²) in [4.78, 5) is 3.97. The van der Waals surface area contributed by atoms with Crippen LogP contribution < -0.4 is 0 Å². The van der Waals surface area contributed by atoms with Crippen molar-refractivity contribution in [3.05, 3.63) is 58.6 Å². The molecule has 0 unspecified atom stereocenters. The first kappa shape index (κ1) is 15.9. The van der Waals surface area contributed by atoms with E-state index >= 15 is 0 Å². The zero-order chi connectivity index (χ0) is 15.6. The first-order valence-electron chi connectivity index (χ1n) is 6.14. The number of rotatable bonds is 4. The molecule has 0 aliphatic heterocycles. The fraction of sp³-hybridized carbons (Fsp3) is 0.214. The highest BCUT2D eigenvalue weighted by Crippen LogP contribution is 2.27. The Morgan fingerprint density at radius 1 is 1.33 bits per heavy atom. The molecule has 4 nitrogen and oxygen atoms in total. The SMILES string of the molecule is Cc1cc(S(=O)(=O)N(C)Cc2ccccn2)c(Cl)cc1F. The maximum absolute atomic E-state index is 13.4. The van der Waals surface area contributed by atoms with Gasteiger partial charge < -0.3 is 0 Å². The number of pyridine rings is 1. The molecule has 112 valence electrons. The van der Waals surface area contributed by atoms with Crippen molar-refractivity contribution in [2.45, 2.75) is 18.4 Å². The molecule has 1 aromatic carbocycles. The van der Waals surface area contributed by atoms with E-state index in [1.165, 1.54) is 20.0 Å². The topological polar surface area (TPSA) is 50.3 Å². The molecular weight excluding hydrogens is 315 g/mol. The maximum atomic E-state index is 13.4. The Hall–Kier alpha value is -1.50. The van der Waals surface area contributed by atoms with Crippen LogP contribution in [0.2, 0.25) is 5.02 Å². The molecule has 0 bridgehead atoms. The molecule has 0 atom stereocenters. The van der Waals surface area contributed by atoms with Gasteiger partial charge in [0.2, 0.25) is 10.0 Å². The molecule has 0 aliphatic carbocycles. The van der Waals surface area contributed by atoms with Gasteiger partial charge >= 0.3 is 0 Å². The van der Waals surface area contributed by atoms with Gasteiger partial charge in [-0.3, -0.25) is 4.98 Å². The lowest BCUT2D eigenvalue weighted by Crippen LogP contribution is -2.27. The summed E-state index contributed by atoms with van der Waals surface area (Å²) in [6, 6.07) is 7.50. The number of halogens is 2. The predicted octanol–water partition coefficient (Wildman–Crippen LogP) is 3.00. The standard InChI is InChI=1S/C14H14ClFN2O2S/c1-10-7-14(12(15)8-13(10)16)21(19,20)18(2)9-11-5-3-4-6-17-11/h3-8H,9H2,1-2H3. The first-order chi connectivity index (χ1) is 9.82. The highest BCUT2D eigenvalue weighted by molar-refractivity contribution is 7.89. The Morgan fingerprint density at radius 3 is 2.67 bits per heavy atom. The summed E-state index contributed by atoms with van der Waals surface area (Å²) in [5, 5.41) is -0.133. The van der Waals surface area contributed by atoms with Gasteiger partial charge in [0.15, 0.2) is 0 Å². The molecule has 0 N–H and O–H groups in total. The summed E-state index contributed by atoms with van der Waals surface area (Å²) in [7, 11) is -2.38. The summed E-state index contributed by atoms with van der Waals surface area (Å²) in [5.41, 5.74) is 0.836. The van der Waals surface area contributed by atoms with Gasteiger partial charge in [0.1, 0.15) is 10.7 Å². The lowest BCUT2D eigenvalue weighted by atomic mass is 10.2. The highest BCUT2D eigenvalue weighted by atomic mass is 35.5. The van der Waals surface area contributed by atoms with Crippen LogP contribution in [0.4, 0.5) is 4.39 Å². The van der Waals surface area contributed by atoms with Crippen LogP contribution in [-0.4, -0.2) is 24.8 Å². The molecule has 0 saturated heterocycles. The number of aromatic nitrogens is 1. The van der Waals surface area contributed by atoms with Crippen LogP contribution in [0.15, 0.2) is 41.4 Å². The Bertz CT molecular complexity index is 751. The quantitative estimate of drug-likeness (QED) is 0.867. The number of sulfonamides is 1. The van der Waals surface area contributed by atoms with Gasteiger partial charge in [-0.05, 0) is 36.8 Å². The summed E-state index contributed by atoms with van der Waals surface area (Å²) >= 11 is 5.87. The third-order valence-corrected chi connectivity index (χ3v) is 5.28. The van der Waals surface area contributed by atoms with Crippen molar-refractivity contribution in [3.63, 3.8) is 0 Å². The maximum Gasteiger partial charge on any atom is 0.244 e. The van der Waals surface area contributed by atoms with Crippen LogP contribution in [0.5, 0.6) is 0 Å². The Morgan fingerprint density at radius 2 is 2.05 bits per heavy atom. The van der Waals surface area contributed by atoms with E-state index in [4.69, 9.17) is 11.6 Å². The number of nitrogens with zero attached hydrogens (tertiary/aromatic N) is 2. The molecule has 1 aromatic heterocycles. The summed E-state index contributed by atoms with van der Waals surface area (Å²) < 4.78 is 39.5. The zero-order valence-corrected chi connectivity index (χ0v) is 13.1. The third-order valence-electron chi connectivity index (χ3n) is 3.01. The minimum absolute atomic E-state index is 0.107. The molecule has 0 spiro atoms. The van der Waals surface area contributed by atoms with E-state index in [2.05, 4.69) is 4.98 Å². The number of hydrogen-bond donors (Lipinski definition) is 0. The zero-order valence-electron chi connectivity index (χ0n) is 11.5. The van der Waals surface area contributed by atoms with Crippen molar-refractivity contribution in [1.82, 2.24) is 9.29 Å². The van der Waals surface area contributed by atoms with Gasteiger partial charge in [-0.25, -0.2) is 12.8 Å². The van der Waals surface area contributed by atoms with E-state index in [1.807, 2.05) is 0 Å². The minimum atomic E-state index is -3.81. The van der Waals surface area contributed by atoms with Crippen LogP contribution in [0.3, 0.4) is 0 Å². The molecule has 0 aliphatic rings. The molecular formula is C14H14ClFN2O2S. The van der Waals surface area contributed by atoms with Crippen LogP contribution >= 0.6 is 11.6 Å². The van der Waals surface area contributed by atoms with Crippen molar-refractivity contribution in [2.75, 3.05) is 7.05 Å². The van der Waals surface area contributed by atoms with Crippen LogP contribution in [0, 0.1) is 12.7 Å². The van der Waals surface area contributed by atoms with Gasteiger partial charge in [-0.1, -0.05) is 17.7 Å². The van der Waals surface area contributed by atoms with Crippen LogP contribution in [0.1, 0.15) is 11.3 Å². The molecule has 2 rings (SSSR count). The molecule has 0 saturated carbocycles. The first-order valence-corrected chi connectivity index (χ1v) is 7.96. The second-order valence-corrected chi connectivity index (χ2v) is 7.03. The lowest BCUT2D eigenvalue weighted by Gasteiger charge is -2.18. The fourth-order valence-electron chi connectivity index (χ4n) is 1.80. The largest absolute Gasteiger partial charge is 0.260 e. The lowest BCUT2D eigenvalue weighted by molar-refractivity contribution is 0.462. The Kier molecular flexibility index (Phi) is 4.61. The Labute approximate surface area is 128 Å². The van der Waals surface area contributed by atoms with Gasteiger partial charge in [0, 0.05) is 13.2 Å². The second-order valence-electron chi connectivity index (χ2n) is 4.61. The molecule has 2 aromatic rings. The molecule has 21 heavy (non-hydrogen) atoms. The van der Waals surface area contributed by atoms with Crippen molar-refractivity contribution >= 4 is 21.6 Å². The van der Waals surface area contributed by atoms with Gasteiger partial charge in [0.25, 0.3) is 0 Å². The number of hydrogen-bond acceptors (Lipinski definition) is 3. The van der Waals surface area contributed by atoms with E-state index in [0.29, 0.717) is 5.69 Å². The average molecular weight is 329 g/mol. The van der Waals surface area contributed by atoms with E-state index in [0.717, 1.165) is 10.4 Å². The monoisotopic (exact) mass is 328 g/mol. The molecule has 0 radical (unpaired) electrons. The van der Waals surface area contributed by atoms with Crippen molar-refractivity contribution in [3.8, 4) is 0 Å². The smallest absolute Gasteiger partial charge is 0.244 e. The minimum Gasteiger partial charge on any atom is -0.260 e. The van der Waals surface area contributed by atoms with Gasteiger partial charge in [-0.15, -0.1) is 0 Å². The van der Waals surface area contributed by atoms with Crippen molar-refractivity contribution in [2.24, 2.45) is 0 Å².